The summed E-state index contributed by atoms with van der Waals surface area (Å²) in [6, 6.07) is 0. The van der Waals surface area contributed by atoms with Crippen LogP contribution in [0.3, 0.4) is 0 Å². The highest BCUT2D eigenvalue weighted by Gasteiger charge is 2.70. The van der Waals surface area contributed by atoms with Crippen LogP contribution in [0.4, 0.5) is 0 Å². The number of fused-ring (bicyclic) bond motifs is 7. The van der Waals surface area contributed by atoms with Gasteiger partial charge in [-0.15, -0.1) is 0 Å². The predicted molar refractivity (Wildman–Crippen MR) is 180 cm³/mol. The second kappa shape index (κ2) is 11.3. The lowest BCUT2D eigenvalue weighted by atomic mass is 9.33. The van der Waals surface area contributed by atoms with E-state index in [-0.39, 0.29) is 33.4 Å². The molecule has 0 radical (unpaired) electrons. The smallest absolute Gasteiger partial charge is 0.230 e. The lowest BCUT2D eigenvalue weighted by Gasteiger charge is -2.71. The Morgan fingerprint density at radius 2 is 1.64 bits per heavy atom. The minimum atomic E-state index is -0.563. The molecule has 44 heavy (non-hydrogen) atoms. The molecular formula is C39H64N2O3. The molecule has 0 heterocycles. The SMILES string of the molecule is C=C(OC)[C@]12CCC(C)(C)CC1C1=CCC3[C@@]4(C)CC(C(=O)NCCN(CC)CC)C(=O)C(C)(C)C4CC[C@@]3(C)[C@]1(C)CC2. The number of likely N-dealkylation sites (N-methyl/N-ethyl adjacent to an activating group) is 1. The Morgan fingerprint density at radius 1 is 0.977 bits per heavy atom. The first kappa shape index (κ1) is 33.7. The van der Waals surface area contributed by atoms with E-state index in [1.54, 1.807) is 5.57 Å². The van der Waals surface area contributed by atoms with Gasteiger partial charge in [0.2, 0.25) is 5.91 Å². The normalized spacial score (nSPS) is 42.2. The highest BCUT2D eigenvalue weighted by molar-refractivity contribution is 6.04. The zero-order chi connectivity index (χ0) is 32.5. The second-order valence-electron chi connectivity index (χ2n) is 17.7. The van der Waals surface area contributed by atoms with Crippen LogP contribution in [0.25, 0.3) is 0 Å². The molecule has 0 spiro atoms. The van der Waals surface area contributed by atoms with E-state index >= 15 is 0 Å². The molecule has 5 rings (SSSR count). The van der Waals surface area contributed by atoms with Crippen LogP contribution in [0.1, 0.15) is 120 Å². The summed E-state index contributed by atoms with van der Waals surface area (Å²) in [5.41, 5.74) is 1.64. The molecule has 248 valence electrons. The van der Waals surface area contributed by atoms with Crippen LogP contribution in [0.15, 0.2) is 24.0 Å². The fourth-order valence-corrected chi connectivity index (χ4v) is 12.1. The standard InChI is InChI=1S/C39H64N2O3/c1-12-41(13-2)23-22-40-33(43)27-24-36(8)30(35(6,7)32(27)42)16-17-38(10)31(36)15-14-28-29-25-34(4,5)18-20-39(29,26(3)44-11)21-19-37(28,38)9/h14,27,29-31H,3,12-13,15-25H2,1-2,4-11H3,(H,40,43)/t27?,29?,30?,31?,36-,37+,38+,39+/m0/s1. The fraction of sp³-hybridized carbons (Fsp3) is 0.846. The summed E-state index contributed by atoms with van der Waals surface area (Å²) in [4.78, 5) is 30.2. The molecule has 4 saturated carbocycles. The highest BCUT2D eigenvalue weighted by Crippen LogP contribution is 2.76. The number of carbonyl (C=O) groups is 2. The number of hydrogen-bond donors (Lipinski definition) is 1. The van der Waals surface area contributed by atoms with Crippen molar-refractivity contribution >= 4 is 11.7 Å². The minimum absolute atomic E-state index is 0.0352. The summed E-state index contributed by atoms with van der Waals surface area (Å²) in [6.45, 7) is 29.0. The Kier molecular flexibility index (Phi) is 8.64. The van der Waals surface area contributed by atoms with Gasteiger partial charge in [0.15, 0.2) is 5.78 Å². The van der Waals surface area contributed by atoms with Crippen LogP contribution < -0.4 is 5.32 Å². The third kappa shape index (κ3) is 4.79. The maximum Gasteiger partial charge on any atom is 0.230 e. The maximum absolute atomic E-state index is 14.1. The molecule has 0 aromatic rings. The van der Waals surface area contributed by atoms with Gasteiger partial charge in [-0.2, -0.15) is 0 Å². The van der Waals surface area contributed by atoms with Crippen molar-refractivity contribution in [2.75, 3.05) is 33.3 Å². The van der Waals surface area contributed by atoms with E-state index in [1.807, 2.05) is 7.11 Å². The van der Waals surface area contributed by atoms with Crippen LogP contribution >= 0.6 is 0 Å². The number of allylic oxidation sites excluding steroid dienone is 3. The van der Waals surface area contributed by atoms with Crippen LogP contribution in [0.5, 0.6) is 0 Å². The number of hydrogen-bond acceptors (Lipinski definition) is 4. The van der Waals surface area contributed by atoms with Crippen molar-refractivity contribution in [2.24, 2.45) is 56.2 Å². The molecular weight excluding hydrogens is 544 g/mol. The van der Waals surface area contributed by atoms with Gasteiger partial charge in [-0.05, 0) is 110 Å². The molecule has 1 amide bonds. The third-order valence-electron chi connectivity index (χ3n) is 15.1. The molecule has 0 saturated heterocycles. The number of nitrogens with one attached hydrogen (secondary N) is 1. The van der Waals surface area contributed by atoms with Crippen molar-refractivity contribution in [3.63, 3.8) is 0 Å². The lowest BCUT2D eigenvalue weighted by Crippen LogP contribution is -2.66. The molecule has 0 aromatic heterocycles. The van der Waals surface area contributed by atoms with Crippen LogP contribution in [0.2, 0.25) is 0 Å². The van der Waals surface area contributed by atoms with Crippen LogP contribution in [0, 0.1) is 56.2 Å². The lowest BCUT2D eigenvalue weighted by molar-refractivity contribution is -0.193. The molecule has 8 atom stereocenters. The molecule has 5 nitrogen and oxygen atoms in total. The van der Waals surface area contributed by atoms with Gasteiger partial charge < -0.3 is 15.0 Å². The first-order chi connectivity index (χ1) is 20.5. The van der Waals surface area contributed by atoms with Gasteiger partial charge in [-0.1, -0.05) is 80.5 Å². The van der Waals surface area contributed by atoms with E-state index in [2.05, 4.69) is 85.2 Å². The van der Waals surface area contributed by atoms with Gasteiger partial charge in [-0.25, -0.2) is 0 Å². The van der Waals surface area contributed by atoms with Crippen molar-refractivity contribution in [1.82, 2.24) is 10.2 Å². The Labute approximate surface area is 269 Å². The number of Topliss-reactive ketones (excluding diaryl/α,β-unsaturated/α-hetero) is 1. The Hall–Kier alpha value is -1.62. The Morgan fingerprint density at radius 3 is 2.27 bits per heavy atom. The molecule has 0 bridgehead atoms. The summed E-state index contributed by atoms with van der Waals surface area (Å²) in [7, 11) is 1.82. The Bertz CT molecular complexity index is 1200. The van der Waals surface area contributed by atoms with Gasteiger partial charge in [0.05, 0.1) is 18.8 Å². The van der Waals surface area contributed by atoms with Gasteiger partial charge in [0.25, 0.3) is 0 Å². The quantitative estimate of drug-likeness (QED) is 0.171. The topological polar surface area (TPSA) is 58.6 Å². The molecule has 4 fully saturated rings. The molecule has 5 heteroatoms. The van der Waals surface area contributed by atoms with Gasteiger partial charge in [0.1, 0.15) is 0 Å². The van der Waals surface area contributed by atoms with E-state index < -0.39 is 11.3 Å². The van der Waals surface area contributed by atoms with Gasteiger partial charge in [0, 0.05) is 23.9 Å². The van der Waals surface area contributed by atoms with Crippen molar-refractivity contribution in [1.29, 1.82) is 0 Å². The third-order valence-corrected chi connectivity index (χ3v) is 15.1. The number of carbonyl (C=O) groups excluding carboxylic acids is 2. The molecule has 1 N–H and O–H groups in total. The number of methoxy groups -OCH3 is 1. The number of nitrogens with zero attached hydrogens (tertiary/aromatic N) is 1. The number of amides is 1. The van der Waals surface area contributed by atoms with E-state index in [0.29, 0.717) is 36.1 Å². The average molecular weight is 609 g/mol. The Balaban J connectivity index is 1.50. The number of rotatable bonds is 8. The zero-order valence-corrected chi connectivity index (χ0v) is 30.0. The monoisotopic (exact) mass is 608 g/mol. The van der Waals surface area contributed by atoms with Crippen molar-refractivity contribution in [3.8, 4) is 0 Å². The summed E-state index contributed by atoms with van der Waals surface area (Å²) in [5.74, 6) is 1.74. The molecule has 4 unspecified atom stereocenters. The van der Waals surface area contributed by atoms with Gasteiger partial charge in [-0.3, -0.25) is 9.59 Å². The molecule has 0 aromatic carbocycles. The van der Waals surface area contributed by atoms with Crippen LogP contribution in [-0.4, -0.2) is 49.9 Å². The van der Waals surface area contributed by atoms with E-state index in [4.69, 9.17) is 4.74 Å². The van der Waals surface area contributed by atoms with E-state index in [9.17, 15) is 9.59 Å². The summed E-state index contributed by atoms with van der Waals surface area (Å²) < 4.78 is 5.98. The first-order valence-electron chi connectivity index (χ1n) is 18.0. The summed E-state index contributed by atoms with van der Waals surface area (Å²) in [6.07, 6.45) is 12.5. The first-order valence-corrected chi connectivity index (χ1v) is 18.0. The van der Waals surface area contributed by atoms with Crippen LogP contribution in [-0.2, 0) is 14.3 Å². The van der Waals surface area contributed by atoms with E-state index in [1.165, 1.54) is 12.8 Å². The largest absolute Gasteiger partial charge is 0.501 e. The minimum Gasteiger partial charge on any atom is -0.501 e. The summed E-state index contributed by atoms with van der Waals surface area (Å²) >= 11 is 0. The van der Waals surface area contributed by atoms with E-state index in [0.717, 1.165) is 63.9 Å². The molecule has 5 aliphatic rings. The second-order valence-corrected chi connectivity index (χ2v) is 17.7. The van der Waals surface area contributed by atoms with Gasteiger partial charge >= 0.3 is 0 Å². The summed E-state index contributed by atoms with van der Waals surface area (Å²) in [5, 5.41) is 3.19. The number of ketones is 1. The van der Waals surface area contributed by atoms with Crippen molar-refractivity contribution in [2.45, 2.75) is 120 Å². The molecule has 5 aliphatic carbocycles. The fourth-order valence-electron chi connectivity index (χ4n) is 12.1. The van der Waals surface area contributed by atoms with Crippen molar-refractivity contribution < 1.29 is 14.3 Å². The molecule has 0 aliphatic heterocycles. The number of ether oxygens (including phenoxy) is 1. The maximum atomic E-state index is 14.1. The predicted octanol–water partition coefficient (Wildman–Crippen LogP) is 8.20. The zero-order valence-electron chi connectivity index (χ0n) is 30.0. The highest BCUT2D eigenvalue weighted by atomic mass is 16.5. The van der Waals surface area contributed by atoms with Crippen molar-refractivity contribution in [3.05, 3.63) is 24.0 Å². The average Bonchev–Trinajstić information content (AvgIpc) is 2.96.